The molecule has 4 heteroatoms. The summed E-state index contributed by atoms with van der Waals surface area (Å²) in [6.07, 6.45) is 7.69. The van der Waals surface area contributed by atoms with Crippen LogP contribution in [-0.2, 0) is 6.42 Å². The highest BCUT2D eigenvalue weighted by Crippen LogP contribution is 2.47. The Labute approximate surface area is 129 Å². The molecule has 3 N–H and O–H groups in total. The first-order chi connectivity index (χ1) is 9.07. The zero-order valence-corrected chi connectivity index (χ0v) is 14.3. The molecule has 1 aromatic heterocycles. The number of rotatable bonds is 6. The van der Waals surface area contributed by atoms with Crippen LogP contribution in [0.2, 0.25) is 0 Å². The number of nitrogens with one attached hydrogen (secondary N) is 1. The van der Waals surface area contributed by atoms with Crippen LogP contribution in [0.25, 0.3) is 0 Å². The lowest BCUT2D eigenvalue weighted by Gasteiger charge is -2.39. The Bertz CT molecular complexity index is 397. The zero-order valence-electron chi connectivity index (χ0n) is 11.9. The first-order valence-corrected chi connectivity index (χ1v) is 8.92. The molecule has 1 unspecified atom stereocenters. The molecule has 0 radical (unpaired) electrons. The lowest BCUT2D eigenvalue weighted by molar-refractivity contribution is 0.155. The molecule has 108 valence electrons. The van der Waals surface area contributed by atoms with Gasteiger partial charge >= 0.3 is 0 Å². The minimum Gasteiger partial charge on any atom is -0.271 e. The molecule has 0 aliphatic heterocycles. The van der Waals surface area contributed by atoms with Crippen LogP contribution in [0.5, 0.6) is 0 Å². The molecule has 19 heavy (non-hydrogen) atoms. The molecule has 0 bridgehead atoms. The predicted molar refractivity (Wildman–Crippen MR) is 87.2 cm³/mol. The third-order valence-electron chi connectivity index (χ3n) is 4.44. The Balaban J connectivity index is 2.15. The predicted octanol–water partition coefficient (Wildman–Crippen LogP) is 4.49. The van der Waals surface area contributed by atoms with Crippen molar-refractivity contribution in [2.24, 2.45) is 17.2 Å². The number of thiophene rings is 1. The number of hydrogen-bond acceptors (Lipinski definition) is 3. The van der Waals surface area contributed by atoms with Crippen LogP contribution in [0.4, 0.5) is 0 Å². The third-order valence-corrected chi connectivity index (χ3v) is 6.38. The molecule has 1 aromatic rings. The highest BCUT2D eigenvalue weighted by molar-refractivity contribution is 9.10. The normalized spacial score (nSPS) is 20.1. The molecule has 1 atom stereocenters. The number of nitrogens with two attached hydrogens (primary N) is 1. The second-order valence-electron chi connectivity index (χ2n) is 6.28. The molecule has 1 aliphatic rings. The lowest BCUT2D eigenvalue weighted by atomic mass is 9.71. The van der Waals surface area contributed by atoms with E-state index in [1.54, 1.807) is 0 Å². The van der Waals surface area contributed by atoms with Gasteiger partial charge in [-0.3, -0.25) is 11.3 Å². The third kappa shape index (κ3) is 3.60. The quantitative estimate of drug-likeness (QED) is 0.589. The van der Waals surface area contributed by atoms with Gasteiger partial charge in [-0.05, 0) is 58.0 Å². The Morgan fingerprint density at radius 2 is 2.11 bits per heavy atom. The number of halogens is 1. The minimum atomic E-state index is 0.395. The van der Waals surface area contributed by atoms with Gasteiger partial charge in [-0.2, -0.15) is 0 Å². The van der Waals surface area contributed by atoms with Gasteiger partial charge in [0.05, 0.1) is 0 Å². The summed E-state index contributed by atoms with van der Waals surface area (Å²) >= 11 is 5.47. The first kappa shape index (κ1) is 15.5. The van der Waals surface area contributed by atoms with Gasteiger partial charge in [-0.25, -0.2) is 0 Å². The van der Waals surface area contributed by atoms with Gasteiger partial charge in [0, 0.05) is 21.8 Å². The van der Waals surface area contributed by atoms with E-state index in [2.05, 4.69) is 46.6 Å². The molecule has 2 rings (SSSR count). The summed E-state index contributed by atoms with van der Waals surface area (Å²) in [5.41, 5.74) is 3.54. The summed E-state index contributed by atoms with van der Waals surface area (Å²) in [6, 6.07) is 2.53. The van der Waals surface area contributed by atoms with Crippen LogP contribution in [0.3, 0.4) is 0 Å². The van der Waals surface area contributed by atoms with Crippen molar-refractivity contribution in [3.63, 3.8) is 0 Å². The molecule has 1 fully saturated rings. The molecular weight excluding hydrogens is 320 g/mol. The zero-order chi connectivity index (χ0) is 13.9. The molecule has 0 spiro atoms. The molecule has 0 aromatic carbocycles. The van der Waals surface area contributed by atoms with Crippen LogP contribution < -0.4 is 11.3 Å². The van der Waals surface area contributed by atoms with Gasteiger partial charge in [0.25, 0.3) is 0 Å². The Morgan fingerprint density at radius 3 is 2.58 bits per heavy atom. The van der Waals surface area contributed by atoms with E-state index >= 15 is 0 Å². The molecule has 2 nitrogen and oxygen atoms in total. The lowest BCUT2D eigenvalue weighted by Crippen LogP contribution is -2.49. The summed E-state index contributed by atoms with van der Waals surface area (Å²) in [5, 5.41) is 2.15. The van der Waals surface area contributed by atoms with Crippen molar-refractivity contribution in [1.29, 1.82) is 0 Å². The van der Waals surface area contributed by atoms with Crippen molar-refractivity contribution in [1.82, 2.24) is 5.43 Å². The van der Waals surface area contributed by atoms with Gasteiger partial charge in [0.1, 0.15) is 0 Å². The van der Waals surface area contributed by atoms with E-state index in [0.717, 1.165) is 12.3 Å². The molecule has 0 saturated heterocycles. The van der Waals surface area contributed by atoms with E-state index in [1.165, 1.54) is 41.5 Å². The minimum absolute atomic E-state index is 0.395. The SMILES string of the molecule is CC(C)CC1(C(Cc2sccc2Br)NN)CCCC1. The monoisotopic (exact) mass is 344 g/mol. The fourth-order valence-electron chi connectivity index (χ4n) is 3.70. The maximum absolute atomic E-state index is 5.92. The van der Waals surface area contributed by atoms with Gasteiger partial charge < -0.3 is 0 Å². The second-order valence-corrected chi connectivity index (χ2v) is 8.14. The average molecular weight is 345 g/mol. The highest BCUT2D eigenvalue weighted by atomic mass is 79.9. The Kier molecular flexibility index (Phi) is 5.46. The van der Waals surface area contributed by atoms with E-state index in [-0.39, 0.29) is 0 Å². The fraction of sp³-hybridized carbons (Fsp3) is 0.733. The second kappa shape index (κ2) is 6.70. The van der Waals surface area contributed by atoms with Crippen LogP contribution in [0.1, 0.15) is 50.8 Å². The summed E-state index contributed by atoms with van der Waals surface area (Å²) in [5.74, 6) is 6.66. The van der Waals surface area contributed by atoms with Crippen LogP contribution in [0, 0.1) is 11.3 Å². The van der Waals surface area contributed by atoms with Gasteiger partial charge in [0.15, 0.2) is 0 Å². The van der Waals surface area contributed by atoms with Crippen molar-refractivity contribution in [2.75, 3.05) is 0 Å². The maximum atomic E-state index is 5.92. The standard InChI is InChI=1S/C15H25BrN2S/c1-11(2)10-15(6-3-4-7-15)14(18-17)9-13-12(16)5-8-19-13/h5,8,11,14,18H,3-4,6-7,9-10,17H2,1-2H3. The van der Waals surface area contributed by atoms with Gasteiger partial charge in [-0.1, -0.05) is 26.7 Å². The molecule has 1 heterocycles. The molecule has 1 aliphatic carbocycles. The fourth-order valence-corrected chi connectivity index (χ4v) is 5.26. The van der Waals surface area contributed by atoms with E-state index in [0.29, 0.717) is 11.5 Å². The first-order valence-electron chi connectivity index (χ1n) is 7.25. The van der Waals surface area contributed by atoms with Crippen LogP contribution in [-0.4, -0.2) is 6.04 Å². The Hall–Kier alpha value is 0.1000. The largest absolute Gasteiger partial charge is 0.271 e. The topological polar surface area (TPSA) is 38.0 Å². The van der Waals surface area contributed by atoms with Crippen molar-refractivity contribution < 1.29 is 0 Å². The van der Waals surface area contributed by atoms with Crippen molar-refractivity contribution >= 4 is 27.3 Å². The maximum Gasteiger partial charge on any atom is 0.0315 e. The summed E-state index contributed by atoms with van der Waals surface area (Å²) in [7, 11) is 0. The van der Waals surface area contributed by atoms with Crippen LogP contribution in [0.15, 0.2) is 15.9 Å². The van der Waals surface area contributed by atoms with Gasteiger partial charge in [0.2, 0.25) is 0 Å². The van der Waals surface area contributed by atoms with E-state index < -0.39 is 0 Å². The van der Waals surface area contributed by atoms with E-state index in [1.807, 2.05) is 11.3 Å². The summed E-state index contributed by atoms with van der Waals surface area (Å²) in [6.45, 7) is 4.66. The van der Waals surface area contributed by atoms with Crippen molar-refractivity contribution in [3.05, 3.63) is 20.8 Å². The highest BCUT2D eigenvalue weighted by Gasteiger charge is 2.41. The molecule has 1 saturated carbocycles. The van der Waals surface area contributed by atoms with Crippen molar-refractivity contribution in [3.8, 4) is 0 Å². The molecule has 0 amide bonds. The van der Waals surface area contributed by atoms with Gasteiger partial charge in [-0.15, -0.1) is 11.3 Å². The number of hydrazine groups is 1. The number of hydrogen-bond donors (Lipinski definition) is 2. The average Bonchev–Trinajstić information content (AvgIpc) is 2.96. The van der Waals surface area contributed by atoms with Crippen molar-refractivity contribution in [2.45, 2.75) is 58.4 Å². The Morgan fingerprint density at radius 1 is 1.42 bits per heavy atom. The van der Waals surface area contributed by atoms with E-state index in [9.17, 15) is 0 Å². The summed E-state index contributed by atoms with van der Waals surface area (Å²) in [4.78, 5) is 1.41. The summed E-state index contributed by atoms with van der Waals surface area (Å²) < 4.78 is 1.23. The van der Waals surface area contributed by atoms with E-state index in [4.69, 9.17) is 5.84 Å². The molecular formula is C15H25BrN2S. The smallest absolute Gasteiger partial charge is 0.0315 e. The van der Waals surface area contributed by atoms with Crippen LogP contribution >= 0.6 is 27.3 Å².